The van der Waals surface area contributed by atoms with Crippen LogP contribution in [0.5, 0.6) is 11.5 Å². The smallest absolute Gasteiger partial charge is 0.240 e. The Bertz CT molecular complexity index is 1050. The second-order valence-electron chi connectivity index (χ2n) is 7.90. The van der Waals surface area contributed by atoms with Crippen molar-refractivity contribution in [2.75, 3.05) is 25.1 Å². The molecule has 166 valence electrons. The lowest BCUT2D eigenvalue weighted by atomic mass is 10.1. The fraction of sp³-hybridized carbons (Fsp3) is 0.435. The summed E-state index contributed by atoms with van der Waals surface area (Å²) >= 11 is 0. The molecule has 0 saturated heterocycles. The van der Waals surface area contributed by atoms with Crippen LogP contribution in [-0.4, -0.2) is 34.1 Å². The number of carbonyl (C=O) groups excluding carboxylic acids is 1. The molecule has 0 bridgehead atoms. The summed E-state index contributed by atoms with van der Waals surface area (Å²) in [5.41, 5.74) is 3.58. The van der Waals surface area contributed by atoms with Gasteiger partial charge in [0.2, 0.25) is 15.9 Å². The lowest BCUT2D eigenvalue weighted by Crippen LogP contribution is -2.25. The maximum atomic E-state index is 12.5. The molecular formula is C23H28N2O5S. The molecule has 1 amide bonds. The van der Waals surface area contributed by atoms with Gasteiger partial charge in [-0.05, 0) is 67.5 Å². The first kappa shape index (κ1) is 21.6. The Hall–Kier alpha value is -2.58. The van der Waals surface area contributed by atoms with Gasteiger partial charge in [0.1, 0.15) is 13.2 Å². The molecule has 4 rings (SSSR count). The summed E-state index contributed by atoms with van der Waals surface area (Å²) in [6, 6.07) is 10.8. The predicted molar refractivity (Wildman–Crippen MR) is 118 cm³/mol. The number of nitrogens with one attached hydrogen (secondary N) is 2. The van der Waals surface area contributed by atoms with E-state index in [0.29, 0.717) is 50.5 Å². The van der Waals surface area contributed by atoms with E-state index in [1.165, 1.54) is 29.7 Å². The van der Waals surface area contributed by atoms with Crippen LogP contribution in [0.4, 0.5) is 5.69 Å². The molecule has 7 nitrogen and oxygen atoms in total. The molecule has 1 heterocycles. The van der Waals surface area contributed by atoms with Gasteiger partial charge in [0.25, 0.3) is 0 Å². The Labute approximate surface area is 183 Å². The molecule has 8 heteroatoms. The van der Waals surface area contributed by atoms with Crippen molar-refractivity contribution in [3.8, 4) is 11.5 Å². The minimum absolute atomic E-state index is 0.00481. The van der Waals surface area contributed by atoms with Crippen molar-refractivity contribution in [3.63, 3.8) is 0 Å². The maximum absolute atomic E-state index is 12.5. The lowest BCUT2D eigenvalue weighted by Gasteiger charge is -2.18. The van der Waals surface area contributed by atoms with Crippen molar-refractivity contribution in [1.82, 2.24) is 4.72 Å². The number of hydrogen-bond acceptors (Lipinski definition) is 5. The third-order valence-electron chi connectivity index (χ3n) is 5.58. The van der Waals surface area contributed by atoms with Crippen molar-refractivity contribution >= 4 is 21.6 Å². The van der Waals surface area contributed by atoms with Gasteiger partial charge in [-0.15, -0.1) is 0 Å². The standard InChI is InChI=1S/C23H28N2O5S/c26-23(25-19-9-8-17-5-4-6-18(17)15-19)7-2-1-3-12-24-31(27,28)20-10-11-21-22(16-20)30-14-13-29-21/h8-11,15-16,24H,1-7,12-14H2,(H,25,26). The predicted octanol–water partition coefficient (Wildman–Crippen LogP) is 3.42. The molecule has 0 radical (unpaired) electrons. The molecular weight excluding hydrogens is 416 g/mol. The van der Waals surface area contributed by atoms with Crippen LogP contribution >= 0.6 is 0 Å². The molecule has 2 N–H and O–H groups in total. The van der Waals surface area contributed by atoms with E-state index in [2.05, 4.69) is 22.2 Å². The van der Waals surface area contributed by atoms with E-state index in [4.69, 9.17) is 9.47 Å². The molecule has 2 aliphatic rings. The van der Waals surface area contributed by atoms with Crippen molar-refractivity contribution in [3.05, 3.63) is 47.5 Å². The number of unbranched alkanes of at least 4 members (excludes halogenated alkanes) is 2. The van der Waals surface area contributed by atoms with Crippen LogP contribution in [0.2, 0.25) is 0 Å². The van der Waals surface area contributed by atoms with E-state index in [1.807, 2.05) is 6.07 Å². The van der Waals surface area contributed by atoms with Crippen LogP contribution in [0.1, 0.15) is 43.2 Å². The number of anilines is 1. The number of fused-ring (bicyclic) bond motifs is 2. The van der Waals surface area contributed by atoms with E-state index < -0.39 is 10.0 Å². The molecule has 2 aromatic rings. The summed E-state index contributed by atoms with van der Waals surface area (Å²) in [5.74, 6) is 1.00. The summed E-state index contributed by atoms with van der Waals surface area (Å²) in [5, 5.41) is 2.96. The van der Waals surface area contributed by atoms with Crippen LogP contribution in [0.15, 0.2) is 41.3 Å². The van der Waals surface area contributed by atoms with Crippen LogP contribution < -0.4 is 19.5 Å². The van der Waals surface area contributed by atoms with E-state index >= 15 is 0 Å². The van der Waals surface area contributed by atoms with Gasteiger partial charge < -0.3 is 14.8 Å². The molecule has 0 spiro atoms. The first-order chi connectivity index (χ1) is 15.0. The first-order valence-corrected chi connectivity index (χ1v) is 12.3. The number of rotatable bonds is 9. The van der Waals surface area contributed by atoms with E-state index in [9.17, 15) is 13.2 Å². The monoisotopic (exact) mass is 444 g/mol. The second kappa shape index (κ2) is 9.70. The normalized spacial score (nSPS) is 14.8. The summed E-state index contributed by atoms with van der Waals surface area (Å²) in [4.78, 5) is 12.3. The molecule has 0 fully saturated rings. The van der Waals surface area contributed by atoms with Gasteiger partial charge in [0.05, 0.1) is 4.90 Å². The zero-order valence-electron chi connectivity index (χ0n) is 17.5. The van der Waals surface area contributed by atoms with E-state index in [0.717, 1.165) is 24.9 Å². The second-order valence-corrected chi connectivity index (χ2v) is 9.67. The third kappa shape index (κ3) is 5.57. The quantitative estimate of drug-likeness (QED) is 0.578. The van der Waals surface area contributed by atoms with Gasteiger partial charge >= 0.3 is 0 Å². The van der Waals surface area contributed by atoms with Crippen molar-refractivity contribution < 1.29 is 22.7 Å². The third-order valence-corrected chi connectivity index (χ3v) is 7.04. The highest BCUT2D eigenvalue weighted by molar-refractivity contribution is 7.89. The summed E-state index contributed by atoms with van der Waals surface area (Å²) < 4.78 is 38.4. The minimum atomic E-state index is -3.61. The van der Waals surface area contributed by atoms with Gasteiger partial charge in [-0.3, -0.25) is 4.79 Å². The Balaban J connectivity index is 1.16. The Morgan fingerprint density at radius 3 is 2.58 bits per heavy atom. The summed E-state index contributed by atoms with van der Waals surface area (Å²) in [6.07, 6.45) is 5.96. The SMILES string of the molecule is O=C(CCCCCNS(=O)(=O)c1ccc2c(c1)OCCO2)Nc1ccc2c(c1)CCC2. The van der Waals surface area contributed by atoms with Crippen molar-refractivity contribution in [2.45, 2.75) is 49.8 Å². The number of hydrogen-bond donors (Lipinski definition) is 2. The number of aryl methyl sites for hydroxylation is 2. The van der Waals surface area contributed by atoms with Crippen LogP contribution in [0.25, 0.3) is 0 Å². The fourth-order valence-corrected chi connectivity index (χ4v) is 5.03. The lowest BCUT2D eigenvalue weighted by molar-refractivity contribution is -0.116. The Morgan fingerprint density at radius 2 is 1.71 bits per heavy atom. The highest BCUT2D eigenvalue weighted by Crippen LogP contribution is 2.32. The van der Waals surface area contributed by atoms with Crippen molar-refractivity contribution in [2.24, 2.45) is 0 Å². The van der Waals surface area contributed by atoms with Gasteiger partial charge in [0, 0.05) is 24.7 Å². The zero-order chi connectivity index (χ0) is 21.7. The molecule has 2 aromatic carbocycles. The maximum Gasteiger partial charge on any atom is 0.240 e. The fourth-order valence-electron chi connectivity index (χ4n) is 3.94. The number of ether oxygens (including phenoxy) is 2. The molecule has 1 aliphatic heterocycles. The molecule has 0 saturated carbocycles. The van der Waals surface area contributed by atoms with E-state index in [1.54, 1.807) is 6.07 Å². The van der Waals surface area contributed by atoms with Crippen LogP contribution in [0, 0.1) is 0 Å². The topological polar surface area (TPSA) is 93.7 Å². The number of carbonyl (C=O) groups is 1. The molecule has 0 unspecified atom stereocenters. The van der Waals surface area contributed by atoms with Gasteiger partial charge in [-0.1, -0.05) is 12.5 Å². The number of sulfonamides is 1. The average molecular weight is 445 g/mol. The van der Waals surface area contributed by atoms with Gasteiger partial charge in [-0.25, -0.2) is 13.1 Å². The molecule has 0 atom stereocenters. The zero-order valence-corrected chi connectivity index (χ0v) is 18.3. The molecule has 0 aromatic heterocycles. The first-order valence-electron chi connectivity index (χ1n) is 10.8. The van der Waals surface area contributed by atoms with Crippen molar-refractivity contribution in [1.29, 1.82) is 0 Å². The highest BCUT2D eigenvalue weighted by atomic mass is 32.2. The largest absolute Gasteiger partial charge is 0.486 e. The Morgan fingerprint density at radius 1 is 0.903 bits per heavy atom. The number of amides is 1. The van der Waals surface area contributed by atoms with Gasteiger partial charge in [0.15, 0.2) is 11.5 Å². The minimum Gasteiger partial charge on any atom is -0.486 e. The summed E-state index contributed by atoms with van der Waals surface area (Å²) in [6.45, 7) is 1.19. The highest BCUT2D eigenvalue weighted by Gasteiger charge is 2.19. The van der Waals surface area contributed by atoms with Crippen LogP contribution in [-0.2, 0) is 27.7 Å². The number of benzene rings is 2. The molecule has 31 heavy (non-hydrogen) atoms. The van der Waals surface area contributed by atoms with Gasteiger partial charge in [-0.2, -0.15) is 0 Å². The average Bonchev–Trinajstić information content (AvgIpc) is 3.23. The van der Waals surface area contributed by atoms with Crippen LogP contribution in [0.3, 0.4) is 0 Å². The van der Waals surface area contributed by atoms with E-state index in [-0.39, 0.29) is 10.8 Å². The summed E-state index contributed by atoms with van der Waals surface area (Å²) in [7, 11) is -3.61. The molecule has 1 aliphatic carbocycles. The Kier molecular flexibility index (Phi) is 6.77.